The molecule has 3 aromatic rings. The summed E-state index contributed by atoms with van der Waals surface area (Å²) in [6.45, 7) is 3.05. The highest BCUT2D eigenvalue weighted by Crippen LogP contribution is 2.42. The molecule has 0 bridgehead atoms. The summed E-state index contributed by atoms with van der Waals surface area (Å²) in [5, 5.41) is 20.3. The zero-order chi connectivity index (χ0) is 43.5. The Balaban J connectivity index is 1.27. The molecule has 0 spiro atoms. The van der Waals surface area contributed by atoms with Gasteiger partial charge in [0, 0.05) is 39.9 Å². The molecule has 15 heteroatoms. The number of benzene rings is 3. The van der Waals surface area contributed by atoms with E-state index in [0.717, 1.165) is 49.3 Å². The number of carboxylic acid groups (broad SMARTS) is 1. The fourth-order valence-electron chi connectivity index (χ4n) is 7.20. The summed E-state index contributed by atoms with van der Waals surface area (Å²) < 4.78 is 46.4. The number of aliphatic hydroxyl groups excluding tert-OH is 1. The average molecular weight is 837 g/mol. The Morgan fingerprint density at radius 3 is 1.82 bits per heavy atom. The molecule has 4 N–H and O–H groups in total. The molecule has 1 aliphatic rings. The molecule has 1 amide bonds. The smallest absolute Gasteiger partial charge is 0.303 e. The fourth-order valence-corrected chi connectivity index (χ4v) is 7.20. The number of rotatable bonds is 26. The van der Waals surface area contributed by atoms with Crippen molar-refractivity contribution in [3.8, 4) is 11.5 Å². The van der Waals surface area contributed by atoms with E-state index in [-0.39, 0.29) is 26.2 Å². The summed E-state index contributed by atoms with van der Waals surface area (Å²) in [6.07, 6.45) is -1.04. The number of ether oxygens (including phenoxy) is 8. The summed E-state index contributed by atoms with van der Waals surface area (Å²) in [4.78, 5) is 47.4. The lowest BCUT2D eigenvalue weighted by Crippen LogP contribution is -2.58. The third-order valence-electron chi connectivity index (χ3n) is 9.97. The van der Waals surface area contributed by atoms with Gasteiger partial charge in [0.1, 0.15) is 35.4 Å². The molecule has 1 saturated heterocycles. The number of nitrogens with two attached hydrogens (primary N) is 1. The molecule has 6 atom stereocenters. The number of hydrogen-bond donors (Lipinski definition) is 3. The van der Waals surface area contributed by atoms with Crippen molar-refractivity contribution in [2.45, 2.75) is 95.1 Å². The van der Waals surface area contributed by atoms with Crippen molar-refractivity contribution in [3.05, 3.63) is 102 Å². The van der Waals surface area contributed by atoms with Crippen LogP contribution in [0.1, 0.15) is 75.5 Å². The monoisotopic (exact) mass is 836 g/mol. The minimum atomic E-state index is -1.22. The third kappa shape index (κ3) is 14.0. The molecule has 1 heterocycles. The van der Waals surface area contributed by atoms with Crippen molar-refractivity contribution in [3.63, 3.8) is 0 Å². The molecule has 60 heavy (non-hydrogen) atoms. The van der Waals surface area contributed by atoms with Gasteiger partial charge >= 0.3 is 17.9 Å². The highest BCUT2D eigenvalue weighted by molar-refractivity contribution is 5.74. The van der Waals surface area contributed by atoms with Crippen LogP contribution in [0.5, 0.6) is 11.5 Å². The number of aliphatic hydroxyl groups is 1. The molecule has 0 aliphatic carbocycles. The standard InChI is InChI=1S/C45H58NO14/c1-30(47)58-42-38(27-40(46)50)44(60-39(23-24-41(51)52)43(42)59-31(2)48)56-26-12-7-5-6-11-25-55-28-35(49)29-57-45(32-13-9-8-10-14-32,33-15-19-36(53-3)20-16-33)34-17-21-37(54-4)22-18-34/h8-10,13-23,35,38-39,42-44,49H,5-7,11-12,24-29H2,1-4H3,(H2,46,50)(H,51,52)/t35-,38+,39+,42+,43+,44+/m0/s1. The predicted octanol–water partition coefficient (Wildman–Crippen LogP) is 5.12. The van der Waals surface area contributed by atoms with E-state index in [1.54, 1.807) is 14.2 Å². The highest BCUT2D eigenvalue weighted by atomic mass is 16.7. The normalized spacial score (nSPS) is 19.5. The van der Waals surface area contributed by atoms with Crippen molar-refractivity contribution in [1.29, 1.82) is 0 Å². The number of esters is 2. The van der Waals surface area contributed by atoms with E-state index >= 15 is 0 Å². The van der Waals surface area contributed by atoms with E-state index < -0.39 is 72.5 Å². The van der Waals surface area contributed by atoms with Gasteiger partial charge in [0.05, 0.1) is 39.8 Å². The lowest BCUT2D eigenvalue weighted by atomic mass is 9.80. The number of primary amides is 1. The maximum atomic E-state index is 12.1. The lowest BCUT2D eigenvalue weighted by Gasteiger charge is -2.45. The van der Waals surface area contributed by atoms with Crippen LogP contribution in [0, 0.1) is 12.3 Å². The number of carbonyl (C=O) groups is 4. The van der Waals surface area contributed by atoms with Crippen LogP contribution in [0.2, 0.25) is 0 Å². The maximum absolute atomic E-state index is 12.1. The topological polar surface area (TPSA) is 209 Å². The summed E-state index contributed by atoms with van der Waals surface area (Å²) in [7, 11) is 3.23. The number of carboxylic acids is 1. The Labute approximate surface area is 351 Å². The summed E-state index contributed by atoms with van der Waals surface area (Å²) in [5.74, 6) is -2.77. The number of amides is 1. The van der Waals surface area contributed by atoms with Crippen LogP contribution in [0.4, 0.5) is 0 Å². The molecule has 1 radical (unpaired) electrons. The van der Waals surface area contributed by atoms with E-state index in [0.29, 0.717) is 24.5 Å². The second-order valence-electron chi connectivity index (χ2n) is 14.5. The second kappa shape index (κ2) is 24.3. The average Bonchev–Trinajstić information content (AvgIpc) is 3.23. The van der Waals surface area contributed by atoms with E-state index in [4.69, 9.17) is 43.6 Å². The summed E-state index contributed by atoms with van der Waals surface area (Å²) in [5.41, 5.74) is 7.04. The van der Waals surface area contributed by atoms with Crippen LogP contribution < -0.4 is 15.2 Å². The first-order valence-corrected chi connectivity index (χ1v) is 20.1. The number of hydrogen-bond acceptors (Lipinski definition) is 13. The summed E-state index contributed by atoms with van der Waals surface area (Å²) in [6, 6.07) is 25.2. The van der Waals surface area contributed by atoms with Gasteiger partial charge in [0.15, 0.2) is 12.4 Å². The first-order valence-electron chi connectivity index (χ1n) is 20.1. The Bertz CT molecular complexity index is 1720. The first-order chi connectivity index (χ1) is 28.9. The van der Waals surface area contributed by atoms with Gasteiger partial charge in [0.2, 0.25) is 5.91 Å². The summed E-state index contributed by atoms with van der Waals surface area (Å²) >= 11 is 0. The third-order valence-corrected chi connectivity index (χ3v) is 9.97. The zero-order valence-electron chi connectivity index (χ0n) is 34.7. The molecule has 4 rings (SSSR count). The molecule has 3 aromatic carbocycles. The highest BCUT2D eigenvalue weighted by Gasteiger charge is 2.50. The van der Waals surface area contributed by atoms with Gasteiger partial charge in [-0.1, -0.05) is 73.9 Å². The largest absolute Gasteiger partial charge is 0.497 e. The van der Waals surface area contributed by atoms with E-state index in [1.807, 2.05) is 78.9 Å². The van der Waals surface area contributed by atoms with E-state index in [9.17, 15) is 29.4 Å². The van der Waals surface area contributed by atoms with Gasteiger partial charge in [-0.15, -0.1) is 0 Å². The van der Waals surface area contributed by atoms with Crippen molar-refractivity contribution in [2.75, 3.05) is 40.6 Å². The Morgan fingerprint density at radius 2 is 1.28 bits per heavy atom. The van der Waals surface area contributed by atoms with Crippen molar-refractivity contribution >= 4 is 23.8 Å². The number of methoxy groups -OCH3 is 2. The Hall–Kier alpha value is -5.06. The SMILES string of the molecule is COc1ccc(C(OC[C@@H](O)COCCCCCCCO[C@@H]2O[C@H]([CH]CC(=O)O)[C@@H](OC(C)=O)[C@H](OC(C)=O)[C@H]2CC(N)=O)(c2ccccc2)c2ccc(OC)cc2)cc1. The number of carbonyl (C=O) groups excluding carboxylic acids is 3. The van der Waals surface area contributed by atoms with Gasteiger partial charge < -0.3 is 53.8 Å². The molecular weight excluding hydrogens is 778 g/mol. The molecule has 0 saturated carbocycles. The second-order valence-corrected chi connectivity index (χ2v) is 14.5. The van der Waals surface area contributed by atoms with Gasteiger partial charge in [-0.05, 0) is 53.8 Å². The van der Waals surface area contributed by atoms with Crippen LogP contribution >= 0.6 is 0 Å². The van der Waals surface area contributed by atoms with Gasteiger partial charge in [-0.25, -0.2) is 0 Å². The fraction of sp³-hybridized carbons (Fsp3) is 0.489. The molecule has 1 aliphatic heterocycles. The van der Waals surface area contributed by atoms with E-state index in [1.165, 1.54) is 13.3 Å². The predicted molar refractivity (Wildman–Crippen MR) is 218 cm³/mol. The van der Waals surface area contributed by atoms with Crippen molar-refractivity contribution in [2.24, 2.45) is 11.7 Å². The van der Waals surface area contributed by atoms with Crippen LogP contribution in [-0.2, 0) is 53.2 Å². The Kier molecular flexibility index (Phi) is 19.3. The van der Waals surface area contributed by atoms with E-state index in [2.05, 4.69) is 0 Å². The molecule has 0 unspecified atom stereocenters. The van der Waals surface area contributed by atoms with Crippen LogP contribution in [-0.4, -0.2) is 105 Å². The Morgan fingerprint density at radius 1 is 0.750 bits per heavy atom. The van der Waals surface area contributed by atoms with Gasteiger partial charge in [-0.3, -0.25) is 19.2 Å². The van der Waals surface area contributed by atoms with Gasteiger partial charge in [-0.2, -0.15) is 0 Å². The van der Waals surface area contributed by atoms with Gasteiger partial charge in [0.25, 0.3) is 0 Å². The van der Waals surface area contributed by atoms with Crippen molar-refractivity contribution < 1.29 is 67.3 Å². The van der Waals surface area contributed by atoms with Crippen LogP contribution in [0.25, 0.3) is 0 Å². The minimum absolute atomic E-state index is 0.0116. The molecule has 327 valence electrons. The number of unbranched alkanes of at least 4 members (excludes halogenated alkanes) is 4. The minimum Gasteiger partial charge on any atom is -0.497 e. The number of aliphatic carboxylic acids is 1. The van der Waals surface area contributed by atoms with Crippen LogP contribution in [0.15, 0.2) is 78.9 Å². The van der Waals surface area contributed by atoms with Crippen molar-refractivity contribution in [1.82, 2.24) is 0 Å². The lowest BCUT2D eigenvalue weighted by molar-refractivity contribution is -0.280. The molecular formula is C45H58NO14. The van der Waals surface area contributed by atoms with Crippen LogP contribution in [0.3, 0.4) is 0 Å². The molecule has 15 nitrogen and oxygen atoms in total. The molecule has 0 aromatic heterocycles. The molecule has 1 fully saturated rings. The zero-order valence-corrected chi connectivity index (χ0v) is 34.7. The quantitative estimate of drug-likeness (QED) is 0.0545. The first kappa shape index (κ1) is 47.6. The maximum Gasteiger partial charge on any atom is 0.303 e.